The first-order valence-corrected chi connectivity index (χ1v) is 7.35. The minimum absolute atomic E-state index is 0.836. The van der Waals surface area contributed by atoms with E-state index in [1.165, 1.54) is 26.9 Å². The van der Waals surface area contributed by atoms with Gasteiger partial charge in [0.2, 0.25) is 6.20 Å². The summed E-state index contributed by atoms with van der Waals surface area (Å²) < 4.78 is 2.47. The maximum absolute atomic E-state index is 5.55. The summed E-state index contributed by atoms with van der Waals surface area (Å²) in [7, 11) is 0. The molecule has 2 aromatic rings. The average Bonchev–Trinajstić information content (AvgIpc) is 2.33. The number of hydrogen-bond donors (Lipinski definition) is 2. The van der Waals surface area contributed by atoms with E-state index in [0.29, 0.717) is 0 Å². The summed E-state index contributed by atoms with van der Waals surface area (Å²) in [5.74, 6) is 6.38. The predicted octanol–water partition coefficient (Wildman–Crippen LogP) is 2.55. The van der Waals surface area contributed by atoms with E-state index in [1.54, 1.807) is 6.20 Å². The highest BCUT2D eigenvalue weighted by atomic mass is 79.9. The Morgan fingerprint density at radius 2 is 1.45 bits per heavy atom. The molecule has 1 aromatic heterocycles. The zero-order valence-corrected chi connectivity index (χ0v) is 14.5. The van der Waals surface area contributed by atoms with Gasteiger partial charge in [-0.3, -0.25) is 5.73 Å². The predicted molar refractivity (Wildman–Crippen MR) is 87.2 cm³/mol. The number of aryl methyl sites for hydroxylation is 4. The zero-order valence-electron chi connectivity index (χ0n) is 12.9. The van der Waals surface area contributed by atoms with E-state index >= 15 is 0 Å². The Kier molecular flexibility index (Phi) is 5.72. The first-order valence-electron chi connectivity index (χ1n) is 6.55. The topological polar surface area (TPSA) is 57.5 Å². The molecule has 3 nitrogen and oxygen atoms in total. The van der Waals surface area contributed by atoms with Crippen LogP contribution in [0.3, 0.4) is 0 Å². The Bertz CT molecular complexity index is 520. The van der Waals surface area contributed by atoms with Gasteiger partial charge in [0.1, 0.15) is 0 Å². The number of nitrogens with two attached hydrogens (primary N) is 1. The molecule has 0 unspecified atom stereocenters. The van der Waals surface area contributed by atoms with Crippen molar-refractivity contribution in [3.05, 3.63) is 56.7 Å². The number of nitrogens with zero attached hydrogens (tertiary/aromatic N) is 1. The Morgan fingerprint density at radius 3 is 1.90 bits per heavy atom. The number of pyridine rings is 1. The highest BCUT2D eigenvalue weighted by Gasteiger charge is 2.11. The molecule has 0 radical (unpaired) electrons. The third-order valence-corrected chi connectivity index (χ3v) is 3.89. The van der Waals surface area contributed by atoms with Gasteiger partial charge in [0, 0.05) is 0 Å². The summed E-state index contributed by atoms with van der Waals surface area (Å²) in [5, 5.41) is 0. The molecule has 0 bridgehead atoms. The molecule has 0 fully saturated rings. The van der Waals surface area contributed by atoms with Crippen LogP contribution in [0.1, 0.15) is 27.8 Å². The lowest BCUT2D eigenvalue weighted by molar-refractivity contribution is -0.676. The van der Waals surface area contributed by atoms with Gasteiger partial charge in [-0.1, -0.05) is 17.7 Å². The maximum Gasteiger partial charge on any atom is 0.395 e. The summed E-state index contributed by atoms with van der Waals surface area (Å²) in [6.07, 6.45) is 1.77. The number of hydrogen-bond acceptors (Lipinski definition) is 1. The molecule has 0 aliphatic carbocycles. The van der Waals surface area contributed by atoms with Gasteiger partial charge in [-0.25, -0.2) is 5.84 Å². The number of rotatable bonds is 0. The number of benzene rings is 1. The van der Waals surface area contributed by atoms with Gasteiger partial charge in [-0.15, -0.1) is 0 Å². The molecule has 0 spiro atoms. The lowest BCUT2D eigenvalue weighted by Crippen LogP contribution is -2.60. The molecular weight excluding hydrogens is 314 g/mol. The van der Waals surface area contributed by atoms with E-state index in [1.807, 2.05) is 13.0 Å². The molecule has 20 heavy (non-hydrogen) atoms. The van der Waals surface area contributed by atoms with Crippen LogP contribution in [0.15, 0.2) is 28.9 Å². The van der Waals surface area contributed by atoms with Crippen molar-refractivity contribution in [1.82, 2.24) is 0 Å². The van der Waals surface area contributed by atoms with Crippen LogP contribution in [0, 0.1) is 34.6 Å². The SMILES string of the molecule is Cc1cc(Br)c[n+](N)c1[NH3+].Cc1cc(C)c(C)c(C)c1. The minimum atomic E-state index is 0.836. The number of halogens is 1. The standard InChI is InChI=1S/C10H14.C6H8BrN3/c1-7-5-8(2)10(4)9(3)6-7;1-4-2-5(7)3-10(9)6(4)8/h5-6H,1-4H3;2-3,8H,9H2,1H3/p+2. The molecule has 0 aliphatic heterocycles. The lowest BCUT2D eigenvalue weighted by Gasteiger charge is -2.04. The fourth-order valence-electron chi connectivity index (χ4n) is 1.99. The summed E-state index contributed by atoms with van der Waals surface area (Å²) in [6.45, 7) is 10.6. The summed E-state index contributed by atoms with van der Waals surface area (Å²) in [6, 6.07) is 6.43. The molecule has 0 saturated carbocycles. The van der Waals surface area contributed by atoms with Crippen LogP contribution in [0.2, 0.25) is 0 Å². The molecule has 0 saturated heterocycles. The highest BCUT2D eigenvalue weighted by molar-refractivity contribution is 9.10. The van der Waals surface area contributed by atoms with E-state index in [-0.39, 0.29) is 0 Å². The molecule has 0 atom stereocenters. The van der Waals surface area contributed by atoms with Gasteiger partial charge in [0.05, 0.1) is 10.0 Å². The second kappa shape index (κ2) is 6.86. The molecular formula is C16H24BrN3+2. The van der Waals surface area contributed by atoms with Gasteiger partial charge < -0.3 is 0 Å². The summed E-state index contributed by atoms with van der Waals surface area (Å²) in [4.78, 5) is 0. The zero-order chi connectivity index (χ0) is 15.4. The summed E-state index contributed by atoms with van der Waals surface area (Å²) >= 11 is 3.32. The number of quaternary nitrogens is 1. The molecule has 4 heteroatoms. The van der Waals surface area contributed by atoms with Crippen LogP contribution in [-0.2, 0) is 0 Å². The van der Waals surface area contributed by atoms with E-state index in [0.717, 1.165) is 15.9 Å². The lowest BCUT2D eigenvalue weighted by atomic mass is 10.0. The minimum Gasteiger partial charge on any atom is -0.267 e. The molecule has 108 valence electrons. The van der Waals surface area contributed by atoms with Crippen molar-refractivity contribution in [3.63, 3.8) is 0 Å². The van der Waals surface area contributed by atoms with Crippen LogP contribution in [-0.4, -0.2) is 0 Å². The van der Waals surface area contributed by atoms with Crippen molar-refractivity contribution in [2.24, 2.45) is 0 Å². The normalized spacial score (nSPS) is 9.95. The van der Waals surface area contributed by atoms with Gasteiger partial charge in [-0.2, -0.15) is 0 Å². The molecule has 2 rings (SSSR count). The van der Waals surface area contributed by atoms with Crippen LogP contribution in [0.4, 0.5) is 5.82 Å². The monoisotopic (exact) mass is 337 g/mol. The van der Waals surface area contributed by atoms with E-state index in [4.69, 9.17) is 5.84 Å². The van der Waals surface area contributed by atoms with Crippen LogP contribution in [0.5, 0.6) is 0 Å². The van der Waals surface area contributed by atoms with Gasteiger partial charge >= 0.3 is 5.82 Å². The Morgan fingerprint density at radius 1 is 0.950 bits per heavy atom. The fraction of sp³-hybridized carbons (Fsp3) is 0.312. The van der Waals surface area contributed by atoms with Gasteiger partial charge in [-0.05, 0) is 78.0 Å². The maximum atomic E-state index is 5.55. The molecule has 1 heterocycles. The third kappa shape index (κ3) is 4.32. The number of aromatic nitrogens is 1. The first-order chi connectivity index (χ1) is 9.22. The van der Waals surface area contributed by atoms with Crippen molar-refractivity contribution in [2.75, 3.05) is 5.84 Å². The highest BCUT2D eigenvalue weighted by Crippen LogP contribution is 2.14. The van der Waals surface area contributed by atoms with Crippen molar-refractivity contribution in [2.45, 2.75) is 34.6 Å². The number of nitrogen functional groups attached to an aromatic ring is 1. The Labute approximate surface area is 129 Å². The van der Waals surface area contributed by atoms with Crippen molar-refractivity contribution >= 4 is 21.7 Å². The largest absolute Gasteiger partial charge is 0.395 e. The quantitative estimate of drug-likeness (QED) is 0.563. The van der Waals surface area contributed by atoms with E-state index < -0.39 is 0 Å². The smallest absolute Gasteiger partial charge is 0.267 e. The third-order valence-electron chi connectivity index (χ3n) is 3.46. The van der Waals surface area contributed by atoms with Crippen molar-refractivity contribution in [3.8, 4) is 0 Å². The second-order valence-electron chi connectivity index (χ2n) is 5.22. The van der Waals surface area contributed by atoms with Crippen molar-refractivity contribution < 1.29 is 10.4 Å². The van der Waals surface area contributed by atoms with Crippen LogP contribution in [0.25, 0.3) is 0 Å². The molecule has 0 aliphatic rings. The Hall–Kier alpha value is -1.39. The second-order valence-corrected chi connectivity index (χ2v) is 6.13. The van der Waals surface area contributed by atoms with E-state index in [9.17, 15) is 0 Å². The fourth-order valence-corrected chi connectivity index (χ4v) is 2.56. The van der Waals surface area contributed by atoms with Crippen molar-refractivity contribution in [1.29, 1.82) is 0 Å². The molecule has 0 amide bonds. The van der Waals surface area contributed by atoms with Gasteiger partial charge in [0.15, 0.2) is 0 Å². The van der Waals surface area contributed by atoms with Gasteiger partial charge in [0.25, 0.3) is 0 Å². The van der Waals surface area contributed by atoms with E-state index in [2.05, 4.69) is 61.5 Å². The summed E-state index contributed by atoms with van der Waals surface area (Å²) in [5.41, 5.74) is 10.4. The van der Waals surface area contributed by atoms with Crippen LogP contribution < -0.4 is 16.3 Å². The molecule has 1 aromatic carbocycles. The first kappa shape index (κ1) is 16.7. The Balaban J connectivity index is 0.000000200. The molecule has 5 N–H and O–H groups in total. The van der Waals surface area contributed by atoms with Crippen LogP contribution >= 0.6 is 15.9 Å². The average molecular weight is 338 g/mol.